The largest absolute Gasteiger partial charge is 0.472 e. The maximum atomic E-state index is 13.1. The van der Waals surface area contributed by atoms with Gasteiger partial charge in [0.1, 0.15) is 19.3 Å². The summed E-state index contributed by atoms with van der Waals surface area (Å²) in [7, 11) is -9.91. The van der Waals surface area contributed by atoms with Crippen molar-refractivity contribution in [3.63, 3.8) is 0 Å². The highest BCUT2D eigenvalue weighted by atomic mass is 31.2. The molecule has 3 unspecified atom stereocenters. The molecule has 0 bridgehead atoms. The van der Waals surface area contributed by atoms with E-state index in [1.54, 1.807) is 0 Å². The summed E-state index contributed by atoms with van der Waals surface area (Å²) in [6.07, 6.45) is 58.1. The number of unbranched alkanes of at least 4 members (excludes halogenated alkanes) is 46. The van der Waals surface area contributed by atoms with Gasteiger partial charge >= 0.3 is 39.5 Å². The van der Waals surface area contributed by atoms with E-state index >= 15 is 0 Å². The smallest absolute Gasteiger partial charge is 0.462 e. The number of rotatable bonds is 77. The van der Waals surface area contributed by atoms with Crippen LogP contribution in [0.25, 0.3) is 0 Å². The van der Waals surface area contributed by atoms with Crippen LogP contribution in [0.5, 0.6) is 0 Å². The molecule has 0 saturated carbocycles. The van der Waals surface area contributed by atoms with Crippen LogP contribution >= 0.6 is 15.6 Å². The number of carbonyl (C=O) groups is 4. The molecule has 0 aromatic rings. The summed E-state index contributed by atoms with van der Waals surface area (Å²) in [5, 5.41) is 10.6. The topological polar surface area (TPSA) is 237 Å². The van der Waals surface area contributed by atoms with Crippen LogP contribution in [0.3, 0.4) is 0 Å². The molecular formula is C78H152O17P2. The summed E-state index contributed by atoms with van der Waals surface area (Å²) in [5.74, 6) is -0.500. The zero-order valence-corrected chi connectivity index (χ0v) is 65.2. The molecule has 0 heterocycles. The molecular weight excluding hydrogens is 1270 g/mol. The Morgan fingerprint density at radius 2 is 0.526 bits per heavy atom. The number of phosphoric ester groups is 2. The monoisotopic (exact) mass is 1420 g/mol. The Labute approximate surface area is 594 Å². The Balaban J connectivity index is 5.25. The van der Waals surface area contributed by atoms with E-state index in [1.165, 1.54) is 225 Å². The summed E-state index contributed by atoms with van der Waals surface area (Å²) in [5.41, 5.74) is 0. The van der Waals surface area contributed by atoms with Crippen molar-refractivity contribution in [3.8, 4) is 0 Å². The number of hydrogen-bond acceptors (Lipinski definition) is 15. The normalized spacial score (nSPS) is 14.2. The molecule has 0 saturated heterocycles. The maximum Gasteiger partial charge on any atom is 0.472 e. The molecule has 0 aromatic carbocycles. The van der Waals surface area contributed by atoms with Gasteiger partial charge in [-0.1, -0.05) is 356 Å². The lowest BCUT2D eigenvalue weighted by Crippen LogP contribution is -2.30. The molecule has 0 amide bonds. The highest BCUT2D eigenvalue weighted by Crippen LogP contribution is 2.45. The number of aliphatic hydroxyl groups excluding tert-OH is 1. The molecule has 6 atom stereocenters. The lowest BCUT2D eigenvalue weighted by atomic mass is 9.99. The zero-order valence-electron chi connectivity index (χ0n) is 63.4. The minimum absolute atomic E-state index is 0.107. The van der Waals surface area contributed by atoms with E-state index in [0.29, 0.717) is 25.7 Å². The first kappa shape index (κ1) is 95.1. The predicted molar refractivity (Wildman–Crippen MR) is 395 cm³/mol. The minimum atomic E-state index is -4.96. The van der Waals surface area contributed by atoms with Crippen molar-refractivity contribution in [3.05, 3.63) is 0 Å². The molecule has 0 aromatic heterocycles. The molecule has 3 N–H and O–H groups in total. The van der Waals surface area contributed by atoms with Crippen LogP contribution in [-0.4, -0.2) is 96.7 Å². The van der Waals surface area contributed by atoms with Crippen molar-refractivity contribution in [2.24, 2.45) is 11.8 Å². The molecule has 17 nitrogen and oxygen atoms in total. The number of phosphoric acid groups is 2. The zero-order chi connectivity index (χ0) is 71.4. The van der Waals surface area contributed by atoms with Gasteiger partial charge in [0.2, 0.25) is 0 Å². The Morgan fingerprint density at radius 3 is 0.784 bits per heavy atom. The molecule has 19 heteroatoms. The van der Waals surface area contributed by atoms with Gasteiger partial charge in [-0.3, -0.25) is 37.3 Å². The molecule has 0 spiro atoms. The van der Waals surface area contributed by atoms with Gasteiger partial charge in [-0.2, -0.15) is 0 Å². The predicted octanol–water partition coefficient (Wildman–Crippen LogP) is 23.1. The average Bonchev–Trinajstić information content (AvgIpc) is 1.52. The van der Waals surface area contributed by atoms with Gasteiger partial charge in [0.15, 0.2) is 12.2 Å². The van der Waals surface area contributed by atoms with Crippen molar-refractivity contribution >= 4 is 39.5 Å². The molecule has 0 fully saturated rings. The third kappa shape index (κ3) is 70.9. The number of hydrogen-bond donors (Lipinski definition) is 3. The minimum Gasteiger partial charge on any atom is -0.462 e. The van der Waals surface area contributed by atoms with E-state index in [9.17, 15) is 43.2 Å². The van der Waals surface area contributed by atoms with Crippen molar-refractivity contribution in [1.82, 2.24) is 0 Å². The quantitative estimate of drug-likeness (QED) is 0.0222. The van der Waals surface area contributed by atoms with Crippen LogP contribution in [0.4, 0.5) is 0 Å². The Morgan fingerprint density at radius 1 is 0.299 bits per heavy atom. The van der Waals surface area contributed by atoms with E-state index in [4.69, 9.17) is 37.0 Å². The SMILES string of the molecule is CCCCCCCCCCCCCCCCCC(=O)OC[C@H](COP(=O)(O)OC[C@@H](O)COP(=O)(O)OC[C@@H](COC(=O)CCCCCCCCCCCC)OC(=O)CCCCCCCCCCCCCC(C)C)OC(=O)CCCCCCCCCCCCCCCCC(C)CC. The molecule has 576 valence electrons. The third-order valence-corrected chi connectivity index (χ3v) is 20.5. The molecule has 0 aliphatic heterocycles. The molecule has 0 aliphatic carbocycles. The van der Waals surface area contributed by atoms with Crippen LogP contribution < -0.4 is 0 Å². The first-order chi connectivity index (χ1) is 46.9. The second kappa shape index (κ2) is 69.8. The summed E-state index contributed by atoms with van der Waals surface area (Å²) in [6, 6.07) is 0. The van der Waals surface area contributed by atoms with E-state index in [0.717, 1.165) is 102 Å². The van der Waals surface area contributed by atoms with Crippen LogP contribution in [0.15, 0.2) is 0 Å². The summed E-state index contributed by atoms with van der Waals surface area (Å²) < 4.78 is 68.6. The van der Waals surface area contributed by atoms with E-state index in [1.807, 2.05) is 0 Å². The van der Waals surface area contributed by atoms with Gasteiger partial charge in [-0.15, -0.1) is 0 Å². The summed E-state index contributed by atoms with van der Waals surface area (Å²) >= 11 is 0. The van der Waals surface area contributed by atoms with Crippen LogP contribution in [0, 0.1) is 11.8 Å². The van der Waals surface area contributed by atoms with Gasteiger partial charge in [0.25, 0.3) is 0 Å². The number of ether oxygens (including phenoxy) is 4. The first-order valence-electron chi connectivity index (χ1n) is 40.5. The van der Waals surface area contributed by atoms with Crippen molar-refractivity contribution in [2.45, 2.75) is 426 Å². The molecule has 0 rings (SSSR count). The molecule has 0 aliphatic rings. The Hall–Kier alpha value is -1.94. The fourth-order valence-corrected chi connectivity index (χ4v) is 13.6. The number of aliphatic hydroxyl groups is 1. The Bertz CT molecular complexity index is 1870. The van der Waals surface area contributed by atoms with Gasteiger partial charge in [0.05, 0.1) is 26.4 Å². The second-order valence-corrected chi connectivity index (χ2v) is 31.7. The van der Waals surface area contributed by atoms with Crippen LogP contribution in [-0.2, 0) is 65.4 Å². The lowest BCUT2D eigenvalue weighted by Gasteiger charge is -2.21. The first-order valence-corrected chi connectivity index (χ1v) is 43.5. The third-order valence-electron chi connectivity index (χ3n) is 18.6. The van der Waals surface area contributed by atoms with Crippen molar-refractivity contribution in [1.29, 1.82) is 0 Å². The van der Waals surface area contributed by atoms with E-state index in [-0.39, 0.29) is 25.7 Å². The molecule has 97 heavy (non-hydrogen) atoms. The van der Waals surface area contributed by atoms with E-state index in [2.05, 4.69) is 41.5 Å². The van der Waals surface area contributed by atoms with Crippen LogP contribution in [0.1, 0.15) is 408 Å². The standard InChI is InChI=1S/C78H152O17P2/c1-7-10-12-14-16-18-20-21-22-26-31-37-43-49-55-61-76(81)89-67-74(94-77(82)62-56-50-44-38-32-27-24-23-25-30-35-41-47-53-59-71(6)9-3)69-93-97(86,87)91-65-72(79)64-90-96(84,85)92-68-73(66-88-75(80)60-54-48-42-36-19-17-15-13-11-8-2)95-78(83)63-57-51-45-39-33-28-29-34-40-46-52-58-70(4)5/h70-74,79H,7-69H2,1-6H3,(H,84,85)(H,86,87)/t71?,72-,73+,74+/m0/s1. The fraction of sp³-hybridized carbons (Fsp3) is 0.949. The van der Waals surface area contributed by atoms with Gasteiger partial charge < -0.3 is 33.8 Å². The average molecular weight is 1420 g/mol. The Kier molecular flexibility index (Phi) is 68.4. The fourth-order valence-electron chi connectivity index (χ4n) is 12.0. The van der Waals surface area contributed by atoms with Gasteiger partial charge in [-0.25, -0.2) is 9.13 Å². The van der Waals surface area contributed by atoms with Crippen molar-refractivity contribution < 1.29 is 80.2 Å². The summed E-state index contributed by atoms with van der Waals surface area (Å²) in [6.45, 7) is 9.66. The van der Waals surface area contributed by atoms with Gasteiger partial charge in [-0.05, 0) is 37.5 Å². The van der Waals surface area contributed by atoms with Gasteiger partial charge in [0, 0.05) is 25.7 Å². The van der Waals surface area contributed by atoms with E-state index < -0.39 is 97.5 Å². The second-order valence-electron chi connectivity index (χ2n) is 28.8. The highest BCUT2D eigenvalue weighted by molar-refractivity contribution is 7.47. The number of esters is 4. The molecule has 0 radical (unpaired) electrons. The van der Waals surface area contributed by atoms with Crippen LogP contribution in [0.2, 0.25) is 0 Å². The maximum absolute atomic E-state index is 13.1. The lowest BCUT2D eigenvalue weighted by molar-refractivity contribution is -0.161. The highest BCUT2D eigenvalue weighted by Gasteiger charge is 2.30. The summed E-state index contributed by atoms with van der Waals surface area (Å²) in [4.78, 5) is 72.9. The number of carbonyl (C=O) groups excluding carboxylic acids is 4. The van der Waals surface area contributed by atoms with Crippen molar-refractivity contribution in [2.75, 3.05) is 39.6 Å².